The van der Waals surface area contributed by atoms with Gasteiger partial charge in [0.1, 0.15) is 18.7 Å². The Bertz CT molecular complexity index is 550. The normalized spacial score (nSPS) is 19.5. The van der Waals surface area contributed by atoms with Gasteiger partial charge in [0.25, 0.3) is 0 Å². The van der Waals surface area contributed by atoms with E-state index in [9.17, 15) is 9.67 Å². The van der Waals surface area contributed by atoms with Crippen LogP contribution in [0.3, 0.4) is 0 Å². The number of rotatable bonds is 2. The van der Waals surface area contributed by atoms with Crippen LogP contribution in [0.4, 0.5) is 0 Å². The summed E-state index contributed by atoms with van der Waals surface area (Å²) in [7, 11) is -2.67. The summed E-state index contributed by atoms with van der Waals surface area (Å²) in [6, 6.07) is 0. The Kier molecular flexibility index (Phi) is 3.50. The fourth-order valence-electron chi connectivity index (χ4n) is 2.02. The van der Waals surface area contributed by atoms with Crippen LogP contribution in [0.5, 0.6) is 5.75 Å². The molecule has 0 saturated heterocycles. The summed E-state index contributed by atoms with van der Waals surface area (Å²) < 4.78 is 23.4. The molecule has 0 saturated carbocycles. The van der Waals surface area contributed by atoms with Gasteiger partial charge in [-0.15, -0.1) is 0 Å². The van der Waals surface area contributed by atoms with Crippen LogP contribution in [-0.2, 0) is 15.9 Å². The van der Waals surface area contributed by atoms with Crippen LogP contribution in [0.15, 0.2) is 6.20 Å². The van der Waals surface area contributed by atoms with Gasteiger partial charge in [0, 0.05) is 31.2 Å². The van der Waals surface area contributed by atoms with Gasteiger partial charge in [0.05, 0.1) is 12.3 Å². The number of aliphatic hydroxyl groups excluding tert-OH is 1. The van der Waals surface area contributed by atoms with E-state index in [0.717, 1.165) is 11.3 Å². The van der Waals surface area contributed by atoms with Crippen molar-refractivity contribution >= 4 is 7.14 Å². The van der Waals surface area contributed by atoms with Crippen molar-refractivity contribution in [3.05, 3.63) is 23.0 Å². The molecule has 0 amide bonds. The van der Waals surface area contributed by atoms with Crippen molar-refractivity contribution in [1.82, 2.24) is 4.98 Å². The molecule has 2 heterocycles. The zero-order valence-corrected chi connectivity index (χ0v) is 12.8. The van der Waals surface area contributed by atoms with Gasteiger partial charge in [-0.25, -0.2) is 0 Å². The van der Waals surface area contributed by atoms with E-state index in [1.807, 2.05) is 20.8 Å². The lowest BCUT2D eigenvalue weighted by Gasteiger charge is -2.35. The number of aliphatic hydroxyl groups is 1. The number of ether oxygens (including phenoxy) is 2. The van der Waals surface area contributed by atoms with Crippen LogP contribution in [0.2, 0.25) is 0 Å². The Labute approximate surface area is 113 Å². The molecule has 1 aromatic heterocycles. The van der Waals surface area contributed by atoms with E-state index in [4.69, 9.17) is 9.47 Å². The second-order valence-corrected chi connectivity index (χ2v) is 9.06. The summed E-state index contributed by atoms with van der Waals surface area (Å²) in [6.07, 6.45) is 1.56. The van der Waals surface area contributed by atoms with Gasteiger partial charge in [-0.3, -0.25) is 4.98 Å². The van der Waals surface area contributed by atoms with E-state index >= 15 is 0 Å². The molecular weight excluding hydrogens is 265 g/mol. The van der Waals surface area contributed by atoms with Gasteiger partial charge < -0.3 is 19.1 Å². The summed E-state index contributed by atoms with van der Waals surface area (Å²) in [5.74, 6) is -1.13. The number of hydrogen-bond acceptors (Lipinski definition) is 5. The fraction of sp³-hybridized carbons (Fsp3) is 0.615. The van der Waals surface area contributed by atoms with Gasteiger partial charge >= 0.3 is 0 Å². The molecule has 0 fully saturated rings. The molecule has 2 rings (SSSR count). The van der Waals surface area contributed by atoms with E-state index in [1.165, 1.54) is 0 Å². The van der Waals surface area contributed by atoms with E-state index in [0.29, 0.717) is 17.9 Å². The summed E-state index contributed by atoms with van der Waals surface area (Å²) in [5.41, 5.74) is 2.01. The quantitative estimate of drug-likeness (QED) is 0.846. The third-order valence-corrected chi connectivity index (χ3v) is 4.58. The first-order valence-corrected chi connectivity index (χ1v) is 8.83. The fourth-order valence-corrected chi connectivity index (χ4v) is 2.91. The molecule has 0 radical (unpaired) electrons. The number of pyridine rings is 1. The summed E-state index contributed by atoms with van der Waals surface area (Å²) in [4.78, 5) is 4.23. The van der Waals surface area contributed by atoms with Crippen LogP contribution in [0.1, 0.15) is 36.5 Å². The van der Waals surface area contributed by atoms with Crippen LogP contribution in [0.25, 0.3) is 0 Å². The van der Waals surface area contributed by atoms with E-state index in [-0.39, 0.29) is 0 Å². The predicted molar refractivity (Wildman–Crippen MR) is 72.9 cm³/mol. The van der Waals surface area contributed by atoms with Gasteiger partial charge in [-0.1, -0.05) is 0 Å². The van der Waals surface area contributed by atoms with Crippen molar-refractivity contribution in [3.63, 3.8) is 0 Å². The Morgan fingerprint density at radius 3 is 2.68 bits per heavy atom. The SMILES string of the molecule is Cc1ncc(C(O)P(C)(C)=O)c2c1OC(C)(C)OC2. The van der Waals surface area contributed by atoms with E-state index in [2.05, 4.69) is 4.98 Å². The van der Waals surface area contributed by atoms with Crippen LogP contribution >= 0.6 is 7.14 Å². The minimum atomic E-state index is -2.67. The van der Waals surface area contributed by atoms with Gasteiger partial charge in [0.2, 0.25) is 5.79 Å². The number of nitrogens with zero attached hydrogens (tertiary/aromatic N) is 1. The molecule has 6 heteroatoms. The van der Waals surface area contributed by atoms with Gasteiger partial charge in [0.15, 0.2) is 0 Å². The number of aromatic nitrogens is 1. The molecule has 19 heavy (non-hydrogen) atoms. The molecule has 5 nitrogen and oxygen atoms in total. The highest BCUT2D eigenvalue weighted by molar-refractivity contribution is 7.62. The van der Waals surface area contributed by atoms with Crippen molar-refractivity contribution in [2.24, 2.45) is 0 Å². The number of aryl methyl sites for hydroxylation is 1. The minimum Gasteiger partial charge on any atom is -0.461 e. The summed E-state index contributed by atoms with van der Waals surface area (Å²) in [6.45, 7) is 8.91. The van der Waals surface area contributed by atoms with Gasteiger partial charge in [-0.05, 0) is 20.3 Å². The molecule has 1 aromatic rings. The first kappa shape index (κ1) is 14.5. The molecular formula is C13H20NO4P. The van der Waals surface area contributed by atoms with Crippen molar-refractivity contribution in [2.75, 3.05) is 13.3 Å². The molecule has 1 aliphatic heterocycles. The second-order valence-electron chi connectivity index (χ2n) is 5.71. The molecule has 1 unspecified atom stereocenters. The summed E-state index contributed by atoms with van der Waals surface area (Å²) in [5, 5.41) is 10.2. The minimum absolute atomic E-state index is 0.318. The first-order valence-electron chi connectivity index (χ1n) is 6.16. The summed E-state index contributed by atoms with van der Waals surface area (Å²) >= 11 is 0. The maximum absolute atomic E-state index is 12.1. The van der Waals surface area contributed by atoms with Crippen LogP contribution in [-0.4, -0.2) is 29.2 Å². The average molecular weight is 285 g/mol. The Morgan fingerprint density at radius 1 is 1.47 bits per heavy atom. The lowest BCUT2D eigenvalue weighted by atomic mass is 10.1. The molecule has 0 aliphatic carbocycles. The smallest absolute Gasteiger partial charge is 0.205 e. The zero-order valence-electron chi connectivity index (χ0n) is 11.9. The highest BCUT2D eigenvalue weighted by atomic mass is 31.2. The Hall–Kier alpha value is -0.900. The Morgan fingerprint density at radius 2 is 2.11 bits per heavy atom. The highest BCUT2D eigenvalue weighted by Crippen LogP contribution is 2.53. The standard InChI is InChI=1S/C13H20NO4P/c1-8-11-10(7-17-13(2,3)18-11)9(6-14-8)12(15)19(4,5)16/h6,12,15H,7H2,1-5H3. The lowest BCUT2D eigenvalue weighted by molar-refractivity contribution is -0.181. The second kappa shape index (κ2) is 4.58. The third-order valence-electron chi connectivity index (χ3n) is 3.13. The molecule has 1 atom stereocenters. The highest BCUT2D eigenvalue weighted by Gasteiger charge is 2.34. The monoisotopic (exact) mass is 285 g/mol. The maximum atomic E-state index is 12.1. The number of hydrogen-bond donors (Lipinski definition) is 1. The van der Waals surface area contributed by atoms with Crippen LogP contribution < -0.4 is 4.74 Å². The van der Waals surface area contributed by atoms with Crippen molar-refractivity contribution in [3.8, 4) is 5.75 Å². The molecule has 1 N–H and O–H groups in total. The topological polar surface area (TPSA) is 68.7 Å². The zero-order chi connectivity index (χ0) is 14.4. The molecule has 0 spiro atoms. The average Bonchev–Trinajstić information content (AvgIpc) is 2.27. The molecule has 0 aromatic carbocycles. The number of fused-ring (bicyclic) bond motifs is 1. The first-order chi connectivity index (χ1) is 8.62. The predicted octanol–water partition coefficient (Wildman–Crippen LogP) is 2.65. The van der Waals surface area contributed by atoms with E-state index < -0.39 is 18.8 Å². The largest absolute Gasteiger partial charge is 0.461 e. The van der Waals surface area contributed by atoms with Crippen molar-refractivity contribution in [2.45, 2.75) is 39.0 Å². The van der Waals surface area contributed by atoms with Crippen molar-refractivity contribution < 1.29 is 19.1 Å². The van der Waals surface area contributed by atoms with Crippen molar-refractivity contribution in [1.29, 1.82) is 0 Å². The molecule has 1 aliphatic rings. The molecule has 106 valence electrons. The van der Waals surface area contributed by atoms with E-state index in [1.54, 1.807) is 19.5 Å². The van der Waals surface area contributed by atoms with Gasteiger partial charge in [-0.2, -0.15) is 0 Å². The van der Waals surface area contributed by atoms with Crippen LogP contribution in [0, 0.1) is 6.92 Å². The Balaban J connectivity index is 2.53. The molecule has 0 bridgehead atoms. The lowest BCUT2D eigenvalue weighted by Crippen LogP contribution is -2.36. The maximum Gasteiger partial charge on any atom is 0.205 e. The third kappa shape index (κ3) is 2.83.